The van der Waals surface area contributed by atoms with Gasteiger partial charge in [0.25, 0.3) is 0 Å². The summed E-state index contributed by atoms with van der Waals surface area (Å²) in [5.74, 6) is 0.712. The van der Waals surface area contributed by atoms with Gasteiger partial charge >= 0.3 is 0 Å². The summed E-state index contributed by atoms with van der Waals surface area (Å²) < 4.78 is 0. The molecule has 142 valence electrons. The predicted molar refractivity (Wildman–Crippen MR) is 109 cm³/mol. The van der Waals surface area contributed by atoms with E-state index in [0.717, 1.165) is 5.56 Å². The maximum atomic E-state index is 12.2. The number of carbonyl (C=O) groups is 2. The van der Waals surface area contributed by atoms with Gasteiger partial charge in [-0.2, -0.15) is 5.10 Å². The van der Waals surface area contributed by atoms with Crippen LogP contribution in [0.2, 0.25) is 0 Å². The number of rotatable bonds is 5. The van der Waals surface area contributed by atoms with Crippen molar-refractivity contribution >= 4 is 23.6 Å². The SMILES string of the molecule is CC(C)(C)C(=O)c1ccc(/C=N/Nc2ccc(C(=O)C(C)(C)C)cn2)cc1. The van der Waals surface area contributed by atoms with Crippen LogP contribution in [-0.2, 0) is 0 Å². The van der Waals surface area contributed by atoms with Gasteiger partial charge in [-0.05, 0) is 17.7 Å². The molecule has 0 spiro atoms. The molecule has 0 aliphatic heterocycles. The molecular weight excluding hydrogens is 338 g/mol. The van der Waals surface area contributed by atoms with E-state index < -0.39 is 10.8 Å². The summed E-state index contributed by atoms with van der Waals surface area (Å²) in [5.41, 5.74) is 4.14. The van der Waals surface area contributed by atoms with Gasteiger partial charge in [0.2, 0.25) is 0 Å². The highest BCUT2D eigenvalue weighted by Crippen LogP contribution is 2.21. The van der Waals surface area contributed by atoms with E-state index in [1.165, 1.54) is 0 Å². The third-order valence-electron chi connectivity index (χ3n) is 3.95. The smallest absolute Gasteiger partial charge is 0.169 e. The number of carbonyl (C=O) groups excluding carboxylic acids is 2. The summed E-state index contributed by atoms with van der Waals surface area (Å²) in [6, 6.07) is 10.8. The van der Waals surface area contributed by atoms with Crippen molar-refractivity contribution in [3.8, 4) is 0 Å². The molecule has 0 saturated heterocycles. The first-order valence-corrected chi connectivity index (χ1v) is 8.93. The van der Waals surface area contributed by atoms with Crippen LogP contribution in [0.3, 0.4) is 0 Å². The van der Waals surface area contributed by atoms with Gasteiger partial charge in [0.05, 0.1) is 6.21 Å². The molecule has 2 aromatic rings. The van der Waals surface area contributed by atoms with Gasteiger partial charge in [-0.25, -0.2) is 4.98 Å². The maximum absolute atomic E-state index is 12.2. The largest absolute Gasteiger partial charge is 0.294 e. The number of hydrazone groups is 1. The van der Waals surface area contributed by atoms with Crippen LogP contribution in [0.4, 0.5) is 5.82 Å². The highest BCUT2D eigenvalue weighted by molar-refractivity contribution is 6.00. The van der Waals surface area contributed by atoms with Crippen LogP contribution in [0.15, 0.2) is 47.7 Å². The molecule has 0 aliphatic rings. The lowest BCUT2D eigenvalue weighted by molar-refractivity contribution is 0.0852. The maximum Gasteiger partial charge on any atom is 0.169 e. The van der Waals surface area contributed by atoms with E-state index >= 15 is 0 Å². The van der Waals surface area contributed by atoms with E-state index in [1.54, 1.807) is 36.7 Å². The standard InChI is InChI=1S/C22H27N3O2/c1-21(2,3)19(26)16-9-7-15(8-10-16)13-24-25-18-12-11-17(14-23-18)20(27)22(4,5)6/h7-14H,1-6H3,(H,23,25)/b24-13+. The van der Waals surface area contributed by atoms with Crippen molar-refractivity contribution in [2.45, 2.75) is 41.5 Å². The van der Waals surface area contributed by atoms with E-state index in [4.69, 9.17) is 0 Å². The van der Waals surface area contributed by atoms with Gasteiger partial charge in [0.15, 0.2) is 11.6 Å². The Balaban J connectivity index is 1.99. The third-order valence-corrected chi connectivity index (χ3v) is 3.95. The number of benzene rings is 1. The second-order valence-corrected chi connectivity index (χ2v) is 8.58. The fourth-order valence-electron chi connectivity index (χ4n) is 2.35. The number of pyridine rings is 1. The van der Waals surface area contributed by atoms with E-state index in [2.05, 4.69) is 15.5 Å². The zero-order chi connectivity index (χ0) is 20.2. The van der Waals surface area contributed by atoms with Gasteiger partial charge in [-0.3, -0.25) is 15.0 Å². The average Bonchev–Trinajstić information content (AvgIpc) is 2.60. The van der Waals surface area contributed by atoms with Crippen LogP contribution in [0.1, 0.15) is 67.8 Å². The van der Waals surface area contributed by atoms with Crippen molar-refractivity contribution in [2.24, 2.45) is 15.9 Å². The first-order valence-electron chi connectivity index (χ1n) is 8.93. The van der Waals surface area contributed by atoms with E-state index in [-0.39, 0.29) is 11.6 Å². The normalized spacial score (nSPS) is 12.2. The Bertz CT molecular complexity index is 837. The first kappa shape index (κ1) is 20.5. The number of nitrogens with zero attached hydrogens (tertiary/aromatic N) is 2. The monoisotopic (exact) mass is 365 g/mol. The summed E-state index contributed by atoms with van der Waals surface area (Å²) in [5, 5.41) is 4.15. The van der Waals surface area contributed by atoms with Gasteiger partial charge < -0.3 is 0 Å². The van der Waals surface area contributed by atoms with Crippen LogP contribution in [0.25, 0.3) is 0 Å². The minimum absolute atomic E-state index is 0.0509. The molecule has 0 unspecified atom stereocenters. The lowest BCUT2D eigenvalue weighted by atomic mass is 9.86. The molecule has 1 heterocycles. The van der Waals surface area contributed by atoms with Crippen molar-refractivity contribution in [3.63, 3.8) is 0 Å². The molecule has 1 N–H and O–H groups in total. The number of hydrogen-bond acceptors (Lipinski definition) is 5. The number of anilines is 1. The molecule has 0 atom stereocenters. The van der Waals surface area contributed by atoms with Crippen LogP contribution in [0.5, 0.6) is 0 Å². The topological polar surface area (TPSA) is 71.4 Å². The third kappa shape index (κ3) is 5.58. The summed E-state index contributed by atoms with van der Waals surface area (Å²) in [6.07, 6.45) is 3.21. The Morgan fingerprint density at radius 3 is 1.85 bits per heavy atom. The fourth-order valence-corrected chi connectivity index (χ4v) is 2.35. The van der Waals surface area contributed by atoms with Crippen molar-refractivity contribution in [3.05, 3.63) is 59.3 Å². The molecule has 0 amide bonds. The Morgan fingerprint density at radius 1 is 0.852 bits per heavy atom. The number of ketones is 2. The highest BCUT2D eigenvalue weighted by Gasteiger charge is 2.23. The Kier molecular flexibility index (Phi) is 5.94. The van der Waals surface area contributed by atoms with Gasteiger partial charge in [0.1, 0.15) is 5.82 Å². The molecule has 0 bridgehead atoms. The quantitative estimate of drug-likeness (QED) is 0.460. The van der Waals surface area contributed by atoms with Crippen molar-refractivity contribution in [1.82, 2.24) is 4.98 Å². The van der Waals surface area contributed by atoms with Crippen LogP contribution < -0.4 is 5.43 Å². The van der Waals surface area contributed by atoms with Crippen molar-refractivity contribution in [1.29, 1.82) is 0 Å². The van der Waals surface area contributed by atoms with Crippen molar-refractivity contribution < 1.29 is 9.59 Å². The summed E-state index contributed by atoms with van der Waals surface area (Å²) in [4.78, 5) is 28.7. The highest BCUT2D eigenvalue weighted by atomic mass is 16.1. The van der Waals surface area contributed by atoms with E-state index in [1.807, 2.05) is 53.7 Å². The zero-order valence-corrected chi connectivity index (χ0v) is 16.8. The van der Waals surface area contributed by atoms with Crippen molar-refractivity contribution in [2.75, 3.05) is 5.43 Å². The summed E-state index contributed by atoms with van der Waals surface area (Å²) in [6.45, 7) is 11.4. The minimum atomic E-state index is -0.435. The molecular formula is C22H27N3O2. The Labute approximate surface area is 160 Å². The number of aromatic nitrogens is 1. The average molecular weight is 365 g/mol. The van der Waals surface area contributed by atoms with Gasteiger partial charge in [0, 0.05) is 28.2 Å². The second-order valence-electron chi connectivity index (χ2n) is 8.58. The fraction of sp³-hybridized carbons (Fsp3) is 0.364. The van der Waals surface area contributed by atoms with Crippen LogP contribution >= 0.6 is 0 Å². The van der Waals surface area contributed by atoms with Gasteiger partial charge in [-0.15, -0.1) is 0 Å². The van der Waals surface area contributed by atoms with Gasteiger partial charge in [-0.1, -0.05) is 65.8 Å². The summed E-state index contributed by atoms with van der Waals surface area (Å²) >= 11 is 0. The molecule has 0 radical (unpaired) electrons. The number of hydrogen-bond donors (Lipinski definition) is 1. The Hall–Kier alpha value is -2.82. The minimum Gasteiger partial charge on any atom is -0.294 e. The van der Waals surface area contributed by atoms with Crippen LogP contribution in [0, 0.1) is 10.8 Å². The molecule has 1 aromatic carbocycles. The van der Waals surface area contributed by atoms with Crippen LogP contribution in [-0.4, -0.2) is 22.8 Å². The lowest BCUT2D eigenvalue weighted by Crippen LogP contribution is -2.20. The second kappa shape index (κ2) is 7.82. The number of Topliss-reactive ketones (excluding diaryl/α,β-unsaturated/α-hetero) is 2. The molecule has 1 aromatic heterocycles. The molecule has 5 heteroatoms. The number of nitrogens with one attached hydrogen (secondary N) is 1. The molecule has 2 rings (SSSR count). The molecule has 5 nitrogen and oxygen atoms in total. The van der Waals surface area contributed by atoms with E-state index in [9.17, 15) is 9.59 Å². The Morgan fingerprint density at radius 2 is 1.37 bits per heavy atom. The first-order chi connectivity index (χ1) is 12.5. The molecule has 0 aliphatic carbocycles. The summed E-state index contributed by atoms with van der Waals surface area (Å²) in [7, 11) is 0. The molecule has 0 saturated carbocycles. The predicted octanol–water partition coefficient (Wildman–Crippen LogP) is 4.99. The van der Waals surface area contributed by atoms with E-state index in [0.29, 0.717) is 16.9 Å². The zero-order valence-electron chi connectivity index (χ0n) is 16.8. The molecule has 0 fully saturated rings. The molecule has 27 heavy (non-hydrogen) atoms. The lowest BCUT2D eigenvalue weighted by Gasteiger charge is -2.16.